The number of fused-ring (bicyclic) bond motifs is 4. The minimum Gasteiger partial charge on any atom is -0.456 e. The molecule has 0 fully saturated rings. The van der Waals surface area contributed by atoms with Crippen LogP contribution in [0.3, 0.4) is 0 Å². The quantitative estimate of drug-likeness (QED) is 0.153. The fourth-order valence-corrected chi connectivity index (χ4v) is 8.84. The van der Waals surface area contributed by atoms with Gasteiger partial charge in [0.1, 0.15) is 11.2 Å². The van der Waals surface area contributed by atoms with Gasteiger partial charge in [0.2, 0.25) is 0 Å². The first kappa shape index (κ1) is 35.2. The van der Waals surface area contributed by atoms with Gasteiger partial charge < -0.3 is 9.32 Å². The summed E-state index contributed by atoms with van der Waals surface area (Å²) in [6.07, 6.45) is 0. The van der Waals surface area contributed by atoms with Crippen molar-refractivity contribution in [2.75, 3.05) is 4.90 Å². The number of rotatable bonds is 8. The molecule has 0 spiro atoms. The summed E-state index contributed by atoms with van der Waals surface area (Å²) in [7, 11) is 0. The Labute approximate surface area is 349 Å². The maximum atomic E-state index is 6.34. The van der Waals surface area contributed by atoms with Gasteiger partial charge in [-0.05, 0) is 109 Å². The normalized spacial score (nSPS) is 11.3. The zero-order valence-electron chi connectivity index (χ0n) is 32.9. The molecule has 11 rings (SSSR count). The van der Waals surface area contributed by atoms with Crippen molar-refractivity contribution in [1.29, 1.82) is 0 Å². The Kier molecular flexibility index (Phi) is 8.87. The summed E-state index contributed by atoms with van der Waals surface area (Å²) in [6, 6.07) is 85.1. The van der Waals surface area contributed by atoms with Crippen molar-refractivity contribution < 1.29 is 4.42 Å². The summed E-state index contributed by atoms with van der Waals surface area (Å²) in [4.78, 5) is 2.41. The fourth-order valence-electron chi connectivity index (χ4n) is 8.84. The van der Waals surface area contributed by atoms with Crippen LogP contribution >= 0.6 is 0 Å². The lowest BCUT2D eigenvalue weighted by molar-refractivity contribution is 0.669. The van der Waals surface area contributed by atoms with E-state index in [0.29, 0.717) is 0 Å². The first-order chi connectivity index (χ1) is 29.8. The molecule has 0 atom stereocenters. The summed E-state index contributed by atoms with van der Waals surface area (Å²) in [5.74, 6) is 0. The van der Waals surface area contributed by atoms with Gasteiger partial charge in [0, 0.05) is 27.7 Å². The molecule has 2 heteroatoms. The summed E-state index contributed by atoms with van der Waals surface area (Å²) in [5.41, 5.74) is 16.7. The molecule has 60 heavy (non-hydrogen) atoms. The third-order valence-electron chi connectivity index (χ3n) is 11.7. The SMILES string of the molecule is c1ccc(-c2ccc(-c3ccccc3-c3ccccc3)c(-c3ccccc3N(c3ccc(-c4cccc5ccccc45)cc3)c3ccc4oc5ccccc5c4c3)c2)cc1. The van der Waals surface area contributed by atoms with Crippen molar-refractivity contribution in [1.82, 2.24) is 0 Å². The summed E-state index contributed by atoms with van der Waals surface area (Å²) in [6.45, 7) is 0. The maximum Gasteiger partial charge on any atom is 0.135 e. The van der Waals surface area contributed by atoms with Crippen molar-refractivity contribution in [2.24, 2.45) is 0 Å². The van der Waals surface area contributed by atoms with Gasteiger partial charge in [-0.25, -0.2) is 0 Å². The van der Waals surface area contributed by atoms with Crippen LogP contribution in [0.15, 0.2) is 241 Å². The van der Waals surface area contributed by atoms with Gasteiger partial charge in [-0.15, -0.1) is 0 Å². The van der Waals surface area contributed by atoms with Crippen LogP contribution < -0.4 is 4.90 Å². The largest absolute Gasteiger partial charge is 0.456 e. The van der Waals surface area contributed by atoms with Crippen LogP contribution in [-0.4, -0.2) is 0 Å². The zero-order valence-corrected chi connectivity index (χ0v) is 32.9. The second-order valence-corrected chi connectivity index (χ2v) is 15.2. The Morgan fingerprint density at radius 2 is 0.817 bits per heavy atom. The number of furan rings is 1. The van der Waals surface area contributed by atoms with E-state index in [2.05, 4.69) is 229 Å². The Morgan fingerprint density at radius 1 is 0.267 bits per heavy atom. The number of nitrogens with zero attached hydrogens (tertiary/aromatic N) is 1. The number of benzene rings is 10. The molecule has 0 aliphatic rings. The molecule has 1 aromatic heterocycles. The van der Waals surface area contributed by atoms with Gasteiger partial charge in [0.15, 0.2) is 0 Å². The van der Waals surface area contributed by atoms with Crippen LogP contribution in [0.1, 0.15) is 0 Å². The molecule has 0 aliphatic carbocycles. The Hall–Kier alpha value is -7.94. The van der Waals surface area contributed by atoms with E-state index in [0.717, 1.165) is 50.1 Å². The molecule has 10 aromatic carbocycles. The van der Waals surface area contributed by atoms with Gasteiger partial charge in [0.25, 0.3) is 0 Å². The fraction of sp³-hybridized carbons (Fsp3) is 0. The van der Waals surface area contributed by atoms with Crippen molar-refractivity contribution >= 4 is 49.8 Å². The van der Waals surface area contributed by atoms with Gasteiger partial charge in [0.05, 0.1) is 5.69 Å². The first-order valence-electron chi connectivity index (χ1n) is 20.5. The molecule has 0 saturated heterocycles. The van der Waals surface area contributed by atoms with Crippen LogP contribution in [0.25, 0.3) is 88.3 Å². The smallest absolute Gasteiger partial charge is 0.135 e. The third kappa shape index (κ3) is 6.32. The summed E-state index contributed by atoms with van der Waals surface area (Å²) in [5, 5.41) is 4.66. The molecule has 0 N–H and O–H groups in total. The lowest BCUT2D eigenvalue weighted by atomic mass is 9.86. The highest BCUT2D eigenvalue weighted by Gasteiger charge is 2.22. The average Bonchev–Trinajstić information content (AvgIpc) is 3.70. The highest BCUT2D eigenvalue weighted by molar-refractivity contribution is 6.07. The molecule has 1 heterocycles. The predicted octanol–water partition coefficient (Wildman–Crippen LogP) is 16.5. The monoisotopic (exact) mass is 765 g/mol. The van der Waals surface area contributed by atoms with E-state index in [9.17, 15) is 0 Å². The topological polar surface area (TPSA) is 16.4 Å². The van der Waals surface area contributed by atoms with Crippen molar-refractivity contribution in [3.05, 3.63) is 237 Å². The van der Waals surface area contributed by atoms with Gasteiger partial charge in [-0.2, -0.15) is 0 Å². The summed E-state index contributed by atoms with van der Waals surface area (Å²) >= 11 is 0. The number of hydrogen-bond donors (Lipinski definition) is 0. The maximum absolute atomic E-state index is 6.34. The van der Waals surface area contributed by atoms with Crippen LogP contribution in [0.5, 0.6) is 0 Å². The van der Waals surface area contributed by atoms with Gasteiger partial charge in [-0.3, -0.25) is 0 Å². The molecule has 282 valence electrons. The summed E-state index contributed by atoms with van der Waals surface area (Å²) < 4.78 is 6.34. The first-order valence-corrected chi connectivity index (χ1v) is 20.5. The van der Waals surface area contributed by atoms with Crippen LogP contribution in [-0.2, 0) is 0 Å². The van der Waals surface area contributed by atoms with Crippen LogP contribution in [0, 0.1) is 0 Å². The average molecular weight is 766 g/mol. The number of para-hydroxylation sites is 2. The van der Waals surface area contributed by atoms with Crippen LogP contribution in [0.2, 0.25) is 0 Å². The van der Waals surface area contributed by atoms with E-state index >= 15 is 0 Å². The highest BCUT2D eigenvalue weighted by atomic mass is 16.3. The Bertz CT molecular complexity index is 3300. The van der Waals surface area contributed by atoms with Crippen molar-refractivity contribution in [3.8, 4) is 55.6 Å². The van der Waals surface area contributed by atoms with E-state index in [4.69, 9.17) is 4.42 Å². The van der Waals surface area contributed by atoms with Crippen molar-refractivity contribution in [3.63, 3.8) is 0 Å². The van der Waals surface area contributed by atoms with Crippen LogP contribution in [0.4, 0.5) is 17.1 Å². The molecule has 0 unspecified atom stereocenters. The molecule has 0 radical (unpaired) electrons. The lowest BCUT2D eigenvalue weighted by Gasteiger charge is -2.29. The van der Waals surface area contributed by atoms with E-state index in [1.54, 1.807) is 0 Å². The minimum absolute atomic E-state index is 0.870. The van der Waals surface area contributed by atoms with E-state index < -0.39 is 0 Å². The van der Waals surface area contributed by atoms with Gasteiger partial charge >= 0.3 is 0 Å². The van der Waals surface area contributed by atoms with E-state index in [1.807, 2.05) is 12.1 Å². The molecular formula is C58H39NO. The van der Waals surface area contributed by atoms with E-state index in [1.165, 1.54) is 55.3 Å². The zero-order chi connectivity index (χ0) is 39.8. The third-order valence-corrected chi connectivity index (χ3v) is 11.7. The minimum atomic E-state index is 0.870. The molecule has 2 nitrogen and oxygen atoms in total. The molecule has 0 amide bonds. The van der Waals surface area contributed by atoms with Gasteiger partial charge in [-0.1, -0.05) is 188 Å². The second-order valence-electron chi connectivity index (χ2n) is 15.2. The number of anilines is 3. The number of hydrogen-bond acceptors (Lipinski definition) is 2. The predicted molar refractivity (Wildman–Crippen MR) is 253 cm³/mol. The molecule has 11 aromatic rings. The molecular weight excluding hydrogens is 727 g/mol. The molecule has 0 aliphatic heterocycles. The highest BCUT2D eigenvalue weighted by Crippen LogP contribution is 2.47. The van der Waals surface area contributed by atoms with E-state index in [-0.39, 0.29) is 0 Å². The Balaban J connectivity index is 1.14. The standard InChI is InChI=1S/C58H39NO/c1-3-16-40(17-4-1)44-32-36-51(50-24-10-9-23-49(50)41-18-5-2-6-19-41)54(38-44)52-25-11-13-28-56(52)59(46-35-37-58-55(39-46)53-26-12-14-29-57(53)60-58)45-33-30-43(31-34-45)48-27-15-21-42-20-7-8-22-47(42)48/h1-39H. The molecule has 0 bridgehead atoms. The Morgan fingerprint density at radius 3 is 1.63 bits per heavy atom. The second kappa shape index (κ2) is 15.1. The van der Waals surface area contributed by atoms with Crippen molar-refractivity contribution in [2.45, 2.75) is 0 Å². The molecule has 0 saturated carbocycles. The lowest BCUT2D eigenvalue weighted by Crippen LogP contribution is -2.11.